The van der Waals surface area contributed by atoms with E-state index in [-0.39, 0.29) is 36.4 Å². The second kappa shape index (κ2) is 11.9. The van der Waals surface area contributed by atoms with Gasteiger partial charge in [-0.2, -0.15) is 5.10 Å². The van der Waals surface area contributed by atoms with Crippen LogP contribution in [0.3, 0.4) is 0 Å². The van der Waals surface area contributed by atoms with E-state index in [0.29, 0.717) is 18.4 Å². The number of hydrogen-bond donors (Lipinski definition) is 2. The van der Waals surface area contributed by atoms with Crippen molar-refractivity contribution in [3.63, 3.8) is 0 Å². The summed E-state index contributed by atoms with van der Waals surface area (Å²) in [5.41, 5.74) is 1.84. The molecule has 7 nitrogen and oxygen atoms in total. The molecule has 3 rings (SSSR count). The third kappa shape index (κ3) is 7.30. The first-order valence-electron chi connectivity index (χ1n) is 10.4. The number of anilines is 1. The van der Waals surface area contributed by atoms with Gasteiger partial charge in [0, 0.05) is 37.7 Å². The molecule has 0 spiro atoms. The molecule has 1 aromatic carbocycles. The Balaban J connectivity index is 0.00000320. The van der Waals surface area contributed by atoms with Gasteiger partial charge < -0.3 is 15.5 Å². The van der Waals surface area contributed by atoms with Crippen LogP contribution in [0.1, 0.15) is 32.8 Å². The molecule has 0 saturated carbocycles. The maximum atomic E-state index is 12.2. The molecule has 2 atom stereocenters. The van der Waals surface area contributed by atoms with E-state index in [1.807, 2.05) is 24.3 Å². The Labute approximate surface area is 196 Å². The number of guanidine groups is 1. The summed E-state index contributed by atoms with van der Waals surface area (Å²) in [5.74, 6) is 2.23. The lowest BCUT2D eigenvalue weighted by Crippen LogP contribution is -2.48. The number of aromatic nitrogens is 2. The number of carbonyl (C=O) groups is 1. The zero-order valence-corrected chi connectivity index (χ0v) is 20.4. The number of benzene rings is 1. The van der Waals surface area contributed by atoms with Gasteiger partial charge in [0.05, 0.1) is 6.54 Å². The van der Waals surface area contributed by atoms with E-state index in [2.05, 4.69) is 41.4 Å². The minimum absolute atomic E-state index is 0. The number of hydrogen-bond acceptors (Lipinski definition) is 3. The molecule has 0 aliphatic carbocycles. The highest BCUT2D eigenvalue weighted by molar-refractivity contribution is 14.0. The number of rotatable bonds is 6. The molecular weight excluding hydrogens is 491 g/mol. The van der Waals surface area contributed by atoms with E-state index < -0.39 is 0 Å². The molecule has 8 heteroatoms. The van der Waals surface area contributed by atoms with Crippen molar-refractivity contribution in [3.05, 3.63) is 48.3 Å². The standard InChI is InChI=1S/C22H32N6O.HI/c1-4-23-22(27-14-17(2)11-18(3)15-27)24-13-19-7-5-8-20(12-19)26-21(29)16-28-10-6-9-25-28;/h5-10,12,17-18H,4,11,13-16H2,1-3H3,(H,23,24)(H,26,29);1H. The monoisotopic (exact) mass is 524 g/mol. The first-order chi connectivity index (χ1) is 14.0. The first-order valence-corrected chi connectivity index (χ1v) is 10.4. The molecule has 164 valence electrons. The molecule has 1 saturated heterocycles. The fourth-order valence-electron chi connectivity index (χ4n) is 3.92. The second-order valence-corrected chi connectivity index (χ2v) is 7.97. The van der Waals surface area contributed by atoms with Crippen LogP contribution < -0.4 is 10.6 Å². The first kappa shape index (κ1) is 24.2. The van der Waals surface area contributed by atoms with Crippen molar-refractivity contribution in [1.82, 2.24) is 20.0 Å². The quantitative estimate of drug-likeness (QED) is 0.344. The fraction of sp³-hybridized carbons (Fsp3) is 0.500. The van der Waals surface area contributed by atoms with Crippen LogP contribution >= 0.6 is 24.0 Å². The lowest BCUT2D eigenvalue weighted by molar-refractivity contribution is -0.116. The summed E-state index contributed by atoms with van der Waals surface area (Å²) < 4.78 is 1.60. The van der Waals surface area contributed by atoms with Gasteiger partial charge in [-0.1, -0.05) is 26.0 Å². The van der Waals surface area contributed by atoms with E-state index >= 15 is 0 Å². The van der Waals surface area contributed by atoms with Gasteiger partial charge in [-0.3, -0.25) is 9.48 Å². The molecule has 0 radical (unpaired) electrons. The molecular formula is C22H33IN6O. The predicted octanol–water partition coefficient (Wildman–Crippen LogP) is 3.58. The smallest absolute Gasteiger partial charge is 0.246 e. The van der Waals surface area contributed by atoms with Crippen molar-refractivity contribution in [2.45, 2.75) is 40.3 Å². The molecule has 1 fully saturated rings. The number of likely N-dealkylation sites (tertiary alicyclic amines) is 1. The number of nitrogens with one attached hydrogen (secondary N) is 2. The van der Waals surface area contributed by atoms with Crippen molar-refractivity contribution < 1.29 is 4.79 Å². The van der Waals surface area contributed by atoms with Crippen molar-refractivity contribution in [2.75, 3.05) is 25.0 Å². The number of amides is 1. The summed E-state index contributed by atoms with van der Waals surface area (Å²) in [6.07, 6.45) is 4.71. The maximum Gasteiger partial charge on any atom is 0.246 e. The number of aliphatic imine (C=N–C) groups is 1. The molecule has 0 bridgehead atoms. The van der Waals surface area contributed by atoms with Gasteiger partial charge in [-0.15, -0.1) is 24.0 Å². The second-order valence-electron chi connectivity index (χ2n) is 7.97. The van der Waals surface area contributed by atoms with Crippen LogP contribution in [-0.2, 0) is 17.9 Å². The molecule has 1 amide bonds. The van der Waals surface area contributed by atoms with Gasteiger partial charge in [-0.05, 0) is 48.9 Å². The molecule has 2 N–H and O–H groups in total. The molecule has 1 aromatic heterocycles. The van der Waals surface area contributed by atoms with Crippen molar-refractivity contribution in [1.29, 1.82) is 0 Å². The summed E-state index contributed by atoms with van der Waals surface area (Å²) in [5, 5.41) is 10.4. The molecule has 2 heterocycles. The van der Waals surface area contributed by atoms with Gasteiger partial charge in [0.1, 0.15) is 6.54 Å². The largest absolute Gasteiger partial charge is 0.357 e. The third-order valence-corrected chi connectivity index (χ3v) is 4.99. The number of halogens is 1. The summed E-state index contributed by atoms with van der Waals surface area (Å²) in [6, 6.07) is 9.67. The lowest BCUT2D eigenvalue weighted by Gasteiger charge is -2.37. The van der Waals surface area contributed by atoms with Crippen LogP contribution in [0.5, 0.6) is 0 Å². The number of carbonyl (C=O) groups excluding carboxylic acids is 1. The molecule has 2 aromatic rings. The molecule has 2 unspecified atom stereocenters. The number of piperidine rings is 1. The van der Waals surface area contributed by atoms with Gasteiger partial charge >= 0.3 is 0 Å². The predicted molar refractivity (Wildman–Crippen MR) is 132 cm³/mol. The molecule has 1 aliphatic heterocycles. The minimum Gasteiger partial charge on any atom is -0.357 e. The van der Waals surface area contributed by atoms with Crippen molar-refractivity contribution in [3.8, 4) is 0 Å². The Bertz CT molecular complexity index is 813. The van der Waals surface area contributed by atoms with Gasteiger partial charge in [0.2, 0.25) is 5.91 Å². The van der Waals surface area contributed by atoms with E-state index in [9.17, 15) is 4.79 Å². The molecule has 1 aliphatic rings. The highest BCUT2D eigenvalue weighted by Gasteiger charge is 2.23. The molecule has 30 heavy (non-hydrogen) atoms. The Hall–Kier alpha value is -2.10. The van der Waals surface area contributed by atoms with E-state index in [1.165, 1.54) is 6.42 Å². The van der Waals surface area contributed by atoms with Crippen molar-refractivity contribution in [2.24, 2.45) is 16.8 Å². The lowest BCUT2D eigenvalue weighted by atomic mass is 9.92. The summed E-state index contributed by atoms with van der Waals surface area (Å²) in [4.78, 5) is 19.4. The Morgan fingerprint density at radius 2 is 2.00 bits per heavy atom. The Morgan fingerprint density at radius 3 is 2.67 bits per heavy atom. The van der Waals surface area contributed by atoms with Crippen LogP contribution in [0.25, 0.3) is 0 Å². The maximum absolute atomic E-state index is 12.2. The highest BCUT2D eigenvalue weighted by Crippen LogP contribution is 2.21. The summed E-state index contributed by atoms with van der Waals surface area (Å²) in [7, 11) is 0. The van der Waals surface area contributed by atoms with E-state index in [0.717, 1.165) is 36.8 Å². The Kier molecular flexibility index (Phi) is 9.61. The normalized spacial score (nSPS) is 19.2. The van der Waals surface area contributed by atoms with E-state index in [1.54, 1.807) is 23.1 Å². The third-order valence-electron chi connectivity index (χ3n) is 4.99. The summed E-state index contributed by atoms with van der Waals surface area (Å²) >= 11 is 0. The van der Waals surface area contributed by atoms with Gasteiger partial charge in [0.15, 0.2) is 5.96 Å². The van der Waals surface area contributed by atoms with Crippen molar-refractivity contribution >= 4 is 41.5 Å². The minimum atomic E-state index is -0.0982. The fourth-order valence-corrected chi connectivity index (χ4v) is 3.92. The van der Waals surface area contributed by atoms with Crippen LogP contribution in [0.2, 0.25) is 0 Å². The van der Waals surface area contributed by atoms with Crippen LogP contribution in [-0.4, -0.2) is 46.2 Å². The average molecular weight is 524 g/mol. The summed E-state index contributed by atoms with van der Waals surface area (Å²) in [6.45, 7) is 10.4. The SMILES string of the molecule is CCNC(=NCc1cccc(NC(=O)Cn2cccn2)c1)N1CC(C)CC(C)C1.I. The van der Waals surface area contributed by atoms with Gasteiger partial charge in [0.25, 0.3) is 0 Å². The van der Waals surface area contributed by atoms with Crippen LogP contribution in [0.4, 0.5) is 5.69 Å². The average Bonchev–Trinajstić information content (AvgIpc) is 3.17. The number of nitrogens with zero attached hydrogens (tertiary/aromatic N) is 4. The highest BCUT2D eigenvalue weighted by atomic mass is 127. The Morgan fingerprint density at radius 1 is 1.23 bits per heavy atom. The zero-order chi connectivity index (χ0) is 20.6. The van der Waals surface area contributed by atoms with Crippen LogP contribution in [0, 0.1) is 11.8 Å². The van der Waals surface area contributed by atoms with Crippen LogP contribution in [0.15, 0.2) is 47.7 Å². The zero-order valence-electron chi connectivity index (χ0n) is 18.0. The van der Waals surface area contributed by atoms with E-state index in [4.69, 9.17) is 4.99 Å². The topological polar surface area (TPSA) is 74.5 Å². The van der Waals surface area contributed by atoms with Gasteiger partial charge in [-0.25, -0.2) is 4.99 Å².